The highest BCUT2D eigenvalue weighted by molar-refractivity contribution is 6.31. The number of benzene rings is 2. The second kappa shape index (κ2) is 4.24. The zero-order chi connectivity index (χ0) is 13.6. The molecule has 0 spiro atoms. The van der Waals surface area contributed by atoms with Crippen molar-refractivity contribution in [3.05, 3.63) is 47.2 Å². The van der Waals surface area contributed by atoms with Crippen molar-refractivity contribution in [3.8, 4) is 17.1 Å². The molecular weight excluding hydrogens is 267 g/mol. The van der Waals surface area contributed by atoms with Crippen LogP contribution in [0.4, 0.5) is 4.39 Å². The first kappa shape index (κ1) is 12.0. The van der Waals surface area contributed by atoms with Crippen LogP contribution in [0.25, 0.3) is 22.4 Å². The molecule has 0 saturated heterocycles. The number of hydrogen-bond acceptors (Lipinski definition) is 2. The molecule has 1 heterocycles. The zero-order valence-corrected chi connectivity index (χ0v) is 10.8. The first-order valence-electron chi connectivity index (χ1n) is 5.67. The van der Waals surface area contributed by atoms with E-state index in [0.717, 1.165) is 11.6 Å². The number of hydrogen-bond donors (Lipinski definition) is 1. The number of aryl methyl sites for hydroxylation is 1. The van der Waals surface area contributed by atoms with Gasteiger partial charge in [-0.1, -0.05) is 11.6 Å². The van der Waals surface area contributed by atoms with Crippen molar-refractivity contribution >= 4 is 22.6 Å². The van der Waals surface area contributed by atoms with Crippen LogP contribution in [-0.4, -0.2) is 14.7 Å². The Labute approximate surface area is 113 Å². The van der Waals surface area contributed by atoms with Crippen LogP contribution >= 0.6 is 11.6 Å². The number of aromatic nitrogens is 2. The quantitative estimate of drug-likeness (QED) is 0.735. The molecular formula is C14H10ClFN2O. The monoisotopic (exact) mass is 276 g/mol. The number of imidazole rings is 1. The molecule has 3 rings (SSSR count). The smallest absolute Gasteiger partial charge is 0.143 e. The Morgan fingerprint density at radius 2 is 2.00 bits per heavy atom. The molecule has 0 saturated carbocycles. The van der Waals surface area contributed by atoms with E-state index in [0.29, 0.717) is 21.9 Å². The highest BCUT2D eigenvalue weighted by Gasteiger charge is 2.14. The third-order valence-electron chi connectivity index (χ3n) is 3.04. The lowest BCUT2D eigenvalue weighted by molar-refractivity contribution is 0.469. The minimum Gasteiger partial charge on any atom is -0.508 e. The Morgan fingerprint density at radius 3 is 2.74 bits per heavy atom. The van der Waals surface area contributed by atoms with E-state index >= 15 is 0 Å². The van der Waals surface area contributed by atoms with Crippen molar-refractivity contribution in [2.24, 2.45) is 7.05 Å². The SMILES string of the molecule is Cn1c(-c2ccc(O)cc2F)nc2cc(Cl)ccc21. The van der Waals surface area contributed by atoms with Gasteiger partial charge in [0, 0.05) is 18.1 Å². The maximum Gasteiger partial charge on any atom is 0.143 e. The van der Waals surface area contributed by atoms with E-state index in [1.807, 2.05) is 13.1 Å². The molecule has 0 unspecified atom stereocenters. The van der Waals surface area contributed by atoms with E-state index in [2.05, 4.69) is 4.98 Å². The van der Waals surface area contributed by atoms with E-state index in [1.165, 1.54) is 12.1 Å². The second-order valence-electron chi connectivity index (χ2n) is 4.29. The van der Waals surface area contributed by atoms with Gasteiger partial charge in [0.15, 0.2) is 0 Å². The molecule has 0 amide bonds. The van der Waals surface area contributed by atoms with Gasteiger partial charge in [-0.3, -0.25) is 0 Å². The summed E-state index contributed by atoms with van der Waals surface area (Å²) in [6.45, 7) is 0. The lowest BCUT2D eigenvalue weighted by Gasteiger charge is -2.04. The molecule has 96 valence electrons. The third kappa shape index (κ3) is 1.94. The Kier molecular flexibility index (Phi) is 2.68. The highest BCUT2D eigenvalue weighted by Crippen LogP contribution is 2.28. The Hall–Kier alpha value is -2.07. The summed E-state index contributed by atoms with van der Waals surface area (Å²) in [5.74, 6) is -0.123. The summed E-state index contributed by atoms with van der Waals surface area (Å²) >= 11 is 5.92. The second-order valence-corrected chi connectivity index (χ2v) is 4.73. The summed E-state index contributed by atoms with van der Waals surface area (Å²) < 4.78 is 15.7. The number of halogens is 2. The molecule has 0 fully saturated rings. The molecule has 1 N–H and O–H groups in total. The summed E-state index contributed by atoms with van der Waals surface area (Å²) in [6, 6.07) is 9.35. The van der Waals surface area contributed by atoms with E-state index < -0.39 is 5.82 Å². The number of fused-ring (bicyclic) bond motifs is 1. The van der Waals surface area contributed by atoms with Crippen LogP contribution in [0, 0.1) is 5.82 Å². The van der Waals surface area contributed by atoms with Crippen LogP contribution in [0.2, 0.25) is 5.02 Å². The standard InChI is InChI=1S/C14H10ClFN2O/c1-18-13-5-2-8(15)6-12(13)17-14(18)10-4-3-9(19)7-11(10)16/h2-7,19H,1H3. The molecule has 3 nitrogen and oxygen atoms in total. The average molecular weight is 277 g/mol. The van der Waals surface area contributed by atoms with Crippen LogP contribution in [0.1, 0.15) is 0 Å². The number of aromatic hydroxyl groups is 1. The zero-order valence-electron chi connectivity index (χ0n) is 10.1. The summed E-state index contributed by atoms with van der Waals surface area (Å²) in [7, 11) is 1.81. The van der Waals surface area contributed by atoms with Crippen LogP contribution in [0.3, 0.4) is 0 Å². The summed E-state index contributed by atoms with van der Waals surface area (Å²) in [5.41, 5.74) is 1.91. The first-order chi connectivity index (χ1) is 9.06. The largest absolute Gasteiger partial charge is 0.508 e. The van der Waals surface area contributed by atoms with Gasteiger partial charge in [0.2, 0.25) is 0 Å². The lowest BCUT2D eigenvalue weighted by Crippen LogP contribution is -1.94. The van der Waals surface area contributed by atoms with Crippen molar-refractivity contribution in [2.75, 3.05) is 0 Å². The average Bonchev–Trinajstić information content (AvgIpc) is 2.66. The molecule has 1 aromatic heterocycles. The van der Waals surface area contributed by atoms with Gasteiger partial charge in [-0.05, 0) is 30.3 Å². The van der Waals surface area contributed by atoms with Crippen molar-refractivity contribution in [3.63, 3.8) is 0 Å². The first-order valence-corrected chi connectivity index (χ1v) is 6.05. The molecule has 0 aliphatic heterocycles. The summed E-state index contributed by atoms with van der Waals surface area (Å²) in [4.78, 5) is 4.39. The van der Waals surface area contributed by atoms with Crippen LogP contribution < -0.4 is 0 Å². The number of phenolic OH excluding ortho intramolecular Hbond substituents is 1. The fourth-order valence-electron chi connectivity index (χ4n) is 2.10. The fourth-order valence-corrected chi connectivity index (χ4v) is 2.27. The molecule has 0 aliphatic carbocycles. The molecule has 0 bridgehead atoms. The third-order valence-corrected chi connectivity index (χ3v) is 3.27. The van der Waals surface area contributed by atoms with Gasteiger partial charge in [0.25, 0.3) is 0 Å². The topological polar surface area (TPSA) is 38.0 Å². The van der Waals surface area contributed by atoms with E-state index in [1.54, 1.807) is 16.7 Å². The van der Waals surface area contributed by atoms with Gasteiger partial charge in [0.1, 0.15) is 17.4 Å². The van der Waals surface area contributed by atoms with Crippen molar-refractivity contribution in [2.45, 2.75) is 0 Å². The van der Waals surface area contributed by atoms with Gasteiger partial charge in [0.05, 0.1) is 16.6 Å². The molecule has 0 aliphatic rings. The molecule has 3 aromatic rings. The number of rotatable bonds is 1. The fraction of sp³-hybridized carbons (Fsp3) is 0.0714. The van der Waals surface area contributed by atoms with Crippen molar-refractivity contribution in [1.82, 2.24) is 9.55 Å². The predicted octanol–water partition coefficient (Wildman–Crippen LogP) is 3.74. The summed E-state index contributed by atoms with van der Waals surface area (Å²) in [5, 5.41) is 9.83. The molecule has 0 atom stereocenters. The molecule has 19 heavy (non-hydrogen) atoms. The van der Waals surface area contributed by atoms with Gasteiger partial charge in [-0.15, -0.1) is 0 Å². The van der Waals surface area contributed by atoms with Crippen molar-refractivity contribution < 1.29 is 9.50 Å². The van der Waals surface area contributed by atoms with Gasteiger partial charge in [-0.25, -0.2) is 9.37 Å². The van der Waals surface area contributed by atoms with E-state index in [9.17, 15) is 9.50 Å². The van der Waals surface area contributed by atoms with Gasteiger partial charge >= 0.3 is 0 Å². The minimum absolute atomic E-state index is 0.108. The highest BCUT2D eigenvalue weighted by atomic mass is 35.5. The van der Waals surface area contributed by atoms with Gasteiger partial charge < -0.3 is 9.67 Å². The Bertz CT molecular complexity index is 782. The number of phenols is 1. The van der Waals surface area contributed by atoms with Crippen LogP contribution in [-0.2, 0) is 7.05 Å². The number of nitrogens with zero attached hydrogens (tertiary/aromatic N) is 2. The van der Waals surface area contributed by atoms with Gasteiger partial charge in [-0.2, -0.15) is 0 Å². The summed E-state index contributed by atoms with van der Waals surface area (Å²) in [6.07, 6.45) is 0. The normalized spacial score (nSPS) is 11.1. The predicted molar refractivity (Wildman–Crippen MR) is 72.8 cm³/mol. The van der Waals surface area contributed by atoms with Crippen LogP contribution in [0.5, 0.6) is 5.75 Å². The van der Waals surface area contributed by atoms with Crippen LogP contribution in [0.15, 0.2) is 36.4 Å². The van der Waals surface area contributed by atoms with E-state index in [-0.39, 0.29) is 5.75 Å². The maximum absolute atomic E-state index is 13.9. The van der Waals surface area contributed by atoms with E-state index in [4.69, 9.17) is 11.6 Å². The lowest BCUT2D eigenvalue weighted by atomic mass is 10.2. The van der Waals surface area contributed by atoms with Crippen molar-refractivity contribution in [1.29, 1.82) is 0 Å². The Morgan fingerprint density at radius 1 is 1.21 bits per heavy atom. The molecule has 5 heteroatoms. The Balaban J connectivity index is 2.27. The molecule has 0 radical (unpaired) electrons. The maximum atomic E-state index is 13.9. The molecule has 2 aromatic carbocycles. The minimum atomic E-state index is -0.510.